The Kier molecular flexibility index (Phi) is 3.32. The third-order valence-electron chi connectivity index (χ3n) is 0.321. The maximum absolute atomic E-state index is 9.87. The van der Waals surface area contributed by atoms with Crippen LogP contribution in [0.3, 0.4) is 0 Å². The fourth-order valence-corrected chi connectivity index (χ4v) is 0.147. The van der Waals surface area contributed by atoms with Gasteiger partial charge in [-0.2, -0.15) is 0 Å². The Morgan fingerprint density at radius 2 is 2.62 bits per heavy atom. The van der Waals surface area contributed by atoms with Crippen molar-refractivity contribution in [3.8, 4) is 12.3 Å². The summed E-state index contributed by atoms with van der Waals surface area (Å²) >= 11 is 0. The summed E-state index contributed by atoms with van der Waals surface area (Å²) in [5.41, 5.74) is 0. The first-order valence-corrected chi connectivity index (χ1v) is 1.94. The number of rotatable bonds is 2. The molecule has 0 aromatic rings. The van der Waals surface area contributed by atoms with E-state index in [4.69, 9.17) is 6.42 Å². The molecule has 0 aliphatic rings. The third kappa shape index (κ3) is 4.76. The molecule has 4 heteroatoms. The molecule has 0 rings (SSSR count). The van der Waals surface area contributed by atoms with Crippen LogP contribution < -0.4 is 0 Å². The predicted molar refractivity (Wildman–Crippen MR) is 26.8 cm³/mol. The standard InChI is InChI=1S/C4H6N2O2/c1-3-4-8-5-6(2)7/h1H,4H2,2H3. The smallest absolute Gasteiger partial charge is 0.200 e. The molecule has 0 aromatic heterocycles. The van der Waals surface area contributed by atoms with Gasteiger partial charge in [-0.3, -0.25) is 0 Å². The first-order chi connectivity index (χ1) is 3.77. The molecule has 0 fully saturated rings. The van der Waals surface area contributed by atoms with E-state index in [9.17, 15) is 5.21 Å². The maximum Gasteiger partial charge on any atom is 0.200 e. The van der Waals surface area contributed by atoms with Crippen LogP contribution in [0.25, 0.3) is 0 Å². The van der Waals surface area contributed by atoms with Gasteiger partial charge in [0.1, 0.15) is 0 Å². The molecule has 0 amide bonds. The minimum Gasteiger partial charge on any atom is -0.598 e. The summed E-state index contributed by atoms with van der Waals surface area (Å²) in [5, 5.41) is 12.8. The summed E-state index contributed by atoms with van der Waals surface area (Å²) in [4.78, 5) is 4.54. The molecule has 0 atom stereocenters. The normalized spacial score (nSPS) is 10.2. The minimum atomic E-state index is 0.0343. The van der Waals surface area contributed by atoms with Gasteiger partial charge in [0.25, 0.3) is 0 Å². The van der Waals surface area contributed by atoms with Crippen molar-refractivity contribution in [2.45, 2.75) is 0 Å². The van der Waals surface area contributed by atoms with Crippen LogP contribution in [0, 0.1) is 17.6 Å². The molecule has 4 nitrogen and oxygen atoms in total. The van der Waals surface area contributed by atoms with Gasteiger partial charge in [0.05, 0.1) is 0 Å². The Morgan fingerprint density at radius 3 is 3.00 bits per heavy atom. The fourth-order valence-electron chi connectivity index (χ4n) is 0.147. The Morgan fingerprint density at radius 1 is 2.00 bits per heavy atom. The zero-order chi connectivity index (χ0) is 6.41. The minimum absolute atomic E-state index is 0.0343. The molecule has 0 spiro atoms. The molecule has 0 aromatic carbocycles. The lowest BCUT2D eigenvalue weighted by atomic mass is 10.8. The van der Waals surface area contributed by atoms with Crippen LogP contribution in [-0.2, 0) is 4.84 Å². The second-order valence-corrected chi connectivity index (χ2v) is 1.02. The number of hydrogen-bond acceptors (Lipinski definition) is 3. The predicted octanol–water partition coefficient (Wildman–Crippen LogP) is 0.143. The van der Waals surface area contributed by atoms with E-state index in [0.29, 0.717) is 0 Å². The van der Waals surface area contributed by atoms with Crippen LogP contribution in [0.15, 0.2) is 5.28 Å². The molecule has 0 aliphatic heterocycles. The number of terminal acetylenes is 1. The monoisotopic (exact) mass is 114 g/mol. The average molecular weight is 114 g/mol. The van der Waals surface area contributed by atoms with Gasteiger partial charge in [-0.05, 0) is 0 Å². The van der Waals surface area contributed by atoms with E-state index in [1.54, 1.807) is 0 Å². The van der Waals surface area contributed by atoms with Crippen molar-refractivity contribution in [3.63, 3.8) is 0 Å². The quantitative estimate of drug-likeness (QED) is 0.168. The Balaban J connectivity index is 3.20. The lowest BCUT2D eigenvalue weighted by Crippen LogP contribution is -1.91. The zero-order valence-corrected chi connectivity index (χ0v) is 4.50. The van der Waals surface area contributed by atoms with E-state index < -0.39 is 0 Å². The Bertz CT molecular complexity index is 120. The van der Waals surface area contributed by atoms with E-state index >= 15 is 0 Å². The van der Waals surface area contributed by atoms with Gasteiger partial charge in [-0.15, -0.1) is 6.42 Å². The molecule has 0 N–H and O–H groups in total. The first-order valence-electron chi connectivity index (χ1n) is 1.94. The van der Waals surface area contributed by atoms with Crippen LogP contribution in [0.4, 0.5) is 0 Å². The molecule has 44 valence electrons. The zero-order valence-electron chi connectivity index (χ0n) is 4.50. The highest BCUT2D eigenvalue weighted by Crippen LogP contribution is 1.72. The lowest BCUT2D eigenvalue weighted by molar-refractivity contribution is -0.529. The maximum atomic E-state index is 9.87. The van der Waals surface area contributed by atoms with Gasteiger partial charge in [0.2, 0.25) is 5.28 Å². The van der Waals surface area contributed by atoms with Gasteiger partial charge < -0.3 is 10.0 Å². The summed E-state index contributed by atoms with van der Waals surface area (Å²) in [6.07, 6.45) is 4.76. The first kappa shape index (κ1) is 6.76. The molecule has 0 saturated carbocycles. The van der Waals surface area contributed by atoms with Crippen molar-refractivity contribution in [1.82, 2.24) is 0 Å². The summed E-state index contributed by atoms with van der Waals surface area (Å²) < 4.78 is 0. The molecule has 0 unspecified atom stereocenters. The Labute approximate surface area is 47.3 Å². The average Bonchev–Trinajstić information content (AvgIpc) is 1.66. The number of hydrogen-bond donors (Lipinski definition) is 0. The van der Waals surface area contributed by atoms with Crippen molar-refractivity contribution in [1.29, 1.82) is 0 Å². The van der Waals surface area contributed by atoms with Gasteiger partial charge in [0, 0.05) is 0 Å². The molecule has 0 saturated heterocycles. The van der Waals surface area contributed by atoms with E-state index in [-0.39, 0.29) is 11.5 Å². The highest BCUT2D eigenvalue weighted by Gasteiger charge is 1.77. The molecule has 0 radical (unpaired) electrons. The van der Waals surface area contributed by atoms with Crippen LogP contribution >= 0.6 is 0 Å². The van der Waals surface area contributed by atoms with Crippen LogP contribution in [0.5, 0.6) is 0 Å². The highest BCUT2D eigenvalue weighted by molar-refractivity contribution is 4.82. The van der Waals surface area contributed by atoms with Gasteiger partial charge in [-0.25, -0.2) is 0 Å². The third-order valence-corrected chi connectivity index (χ3v) is 0.321. The summed E-state index contributed by atoms with van der Waals surface area (Å²) in [5.74, 6) is 2.14. The van der Waals surface area contributed by atoms with Crippen molar-refractivity contribution >= 4 is 0 Å². The van der Waals surface area contributed by atoms with Gasteiger partial charge >= 0.3 is 0 Å². The molecule has 8 heavy (non-hydrogen) atoms. The van der Waals surface area contributed by atoms with Crippen LogP contribution in [0.2, 0.25) is 0 Å². The SMILES string of the molecule is C#CCON=[N+](C)[O-]. The van der Waals surface area contributed by atoms with E-state index in [1.807, 2.05) is 0 Å². The summed E-state index contributed by atoms with van der Waals surface area (Å²) in [6, 6.07) is 0. The number of hydroxylamine groups is 1. The molecular weight excluding hydrogens is 108 g/mol. The second-order valence-electron chi connectivity index (χ2n) is 1.02. The molecule has 0 heterocycles. The van der Waals surface area contributed by atoms with Crippen molar-refractivity contribution in [2.75, 3.05) is 13.7 Å². The molecule has 0 aliphatic carbocycles. The van der Waals surface area contributed by atoms with E-state index in [0.717, 1.165) is 0 Å². The van der Waals surface area contributed by atoms with Crippen molar-refractivity contribution < 1.29 is 9.70 Å². The second kappa shape index (κ2) is 3.93. The fraction of sp³-hybridized carbons (Fsp3) is 0.500. The highest BCUT2D eigenvalue weighted by atomic mass is 16.7. The summed E-state index contributed by atoms with van der Waals surface area (Å²) in [6.45, 7) is 0.0343. The topological polar surface area (TPSA) is 47.7 Å². The van der Waals surface area contributed by atoms with Gasteiger partial charge in [-0.1, -0.05) is 10.8 Å². The van der Waals surface area contributed by atoms with Gasteiger partial charge in [0.15, 0.2) is 13.7 Å². The Hall–Kier alpha value is -1.24. The van der Waals surface area contributed by atoms with Crippen LogP contribution in [0.1, 0.15) is 0 Å². The van der Waals surface area contributed by atoms with Crippen molar-refractivity contribution in [3.05, 3.63) is 5.21 Å². The molecular formula is C4H6N2O2. The van der Waals surface area contributed by atoms with Crippen LogP contribution in [-0.4, -0.2) is 18.5 Å². The largest absolute Gasteiger partial charge is 0.598 e. The van der Waals surface area contributed by atoms with E-state index in [1.165, 1.54) is 7.05 Å². The number of nitrogens with zero attached hydrogens (tertiary/aromatic N) is 2. The lowest BCUT2D eigenvalue weighted by Gasteiger charge is -1.88. The van der Waals surface area contributed by atoms with E-state index in [2.05, 4.69) is 16.0 Å². The molecule has 0 bridgehead atoms. The van der Waals surface area contributed by atoms with Crippen molar-refractivity contribution in [2.24, 2.45) is 5.28 Å². The summed E-state index contributed by atoms with van der Waals surface area (Å²) in [7, 11) is 1.20.